The summed E-state index contributed by atoms with van der Waals surface area (Å²) in [7, 11) is 0. The quantitative estimate of drug-likeness (QED) is 0.273. The van der Waals surface area contributed by atoms with Gasteiger partial charge in [-0.3, -0.25) is 4.84 Å². The third kappa shape index (κ3) is 7.83. The van der Waals surface area contributed by atoms with Gasteiger partial charge in [0.05, 0.1) is 12.4 Å². The smallest absolute Gasteiger partial charge is 0.334 e. The topological polar surface area (TPSA) is 90.4 Å². The Bertz CT molecular complexity index is 729. The zero-order valence-corrected chi connectivity index (χ0v) is 17.2. The number of imidazole rings is 1. The molecule has 1 aromatic heterocycles. The van der Waals surface area contributed by atoms with Crippen molar-refractivity contribution in [1.82, 2.24) is 9.55 Å². The van der Waals surface area contributed by atoms with Crippen LogP contribution in [0.3, 0.4) is 0 Å². The van der Waals surface area contributed by atoms with Gasteiger partial charge in [0.1, 0.15) is 0 Å². The SMILES string of the molecule is CCCCCC/C(=C\CCC(ON)C(=O)O)C(Cc1ccccc1)n1ccnc1. The summed E-state index contributed by atoms with van der Waals surface area (Å²) in [5, 5.41) is 9.16. The largest absolute Gasteiger partial charge is 0.479 e. The van der Waals surface area contributed by atoms with Crippen molar-refractivity contribution in [3.8, 4) is 0 Å². The number of rotatable bonds is 14. The first-order chi connectivity index (χ1) is 14.2. The Kier molecular flexibility index (Phi) is 10.2. The molecule has 3 N–H and O–H groups in total. The second-order valence-electron chi connectivity index (χ2n) is 7.35. The summed E-state index contributed by atoms with van der Waals surface area (Å²) in [4.78, 5) is 20.0. The molecule has 0 aliphatic heterocycles. The molecule has 0 saturated heterocycles. The Morgan fingerprint density at radius 3 is 2.69 bits per heavy atom. The van der Waals surface area contributed by atoms with Crippen molar-refractivity contribution < 1.29 is 14.7 Å². The number of aliphatic carboxylic acids is 1. The third-order valence-corrected chi connectivity index (χ3v) is 5.18. The summed E-state index contributed by atoms with van der Waals surface area (Å²) in [6.07, 6.45) is 14.4. The van der Waals surface area contributed by atoms with E-state index < -0.39 is 12.1 Å². The molecule has 0 bridgehead atoms. The molecule has 2 aromatic rings. The molecule has 2 rings (SSSR count). The fraction of sp³-hybridized carbons (Fsp3) is 0.478. The first-order valence-corrected chi connectivity index (χ1v) is 10.4. The van der Waals surface area contributed by atoms with Crippen molar-refractivity contribution in [2.75, 3.05) is 0 Å². The molecule has 6 nitrogen and oxygen atoms in total. The van der Waals surface area contributed by atoms with E-state index in [-0.39, 0.29) is 6.04 Å². The molecule has 0 amide bonds. The average molecular weight is 400 g/mol. The molecule has 1 aromatic carbocycles. The lowest BCUT2D eigenvalue weighted by Crippen LogP contribution is -2.26. The molecule has 0 radical (unpaired) electrons. The monoisotopic (exact) mass is 399 g/mol. The molecule has 0 saturated carbocycles. The molecular weight excluding hydrogens is 366 g/mol. The molecule has 158 valence electrons. The van der Waals surface area contributed by atoms with Crippen LogP contribution in [0.5, 0.6) is 0 Å². The van der Waals surface area contributed by atoms with Crippen LogP contribution < -0.4 is 5.90 Å². The van der Waals surface area contributed by atoms with Gasteiger partial charge in [-0.1, -0.05) is 68.2 Å². The molecule has 29 heavy (non-hydrogen) atoms. The maximum absolute atomic E-state index is 11.2. The van der Waals surface area contributed by atoms with Gasteiger partial charge in [-0.05, 0) is 37.7 Å². The van der Waals surface area contributed by atoms with Gasteiger partial charge >= 0.3 is 5.97 Å². The highest BCUT2D eigenvalue weighted by Crippen LogP contribution is 2.28. The van der Waals surface area contributed by atoms with Crippen LogP contribution in [-0.2, 0) is 16.1 Å². The Morgan fingerprint density at radius 1 is 1.28 bits per heavy atom. The summed E-state index contributed by atoms with van der Waals surface area (Å²) in [6, 6.07) is 10.6. The van der Waals surface area contributed by atoms with Crippen molar-refractivity contribution in [1.29, 1.82) is 0 Å². The first kappa shape index (κ1) is 22.8. The first-order valence-electron chi connectivity index (χ1n) is 10.4. The summed E-state index contributed by atoms with van der Waals surface area (Å²) in [5.74, 6) is 4.10. The normalized spacial score (nSPS) is 13.9. The number of unbranched alkanes of at least 4 members (excludes halogenated alkanes) is 3. The Labute approximate surface area is 173 Å². The number of allylic oxidation sites excluding steroid dienone is 2. The number of hydrogen-bond donors (Lipinski definition) is 2. The Balaban J connectivity index is 2.20. The highest BCUT2D eigenvalue weighted by Gasteiger charge is 2.19. The van der Waals surface area contributed by atoms with Crippen LogP contribution in [0.1, 0.15) is 63.5 Å². The minimum atomic E-state index is -1.03. The number of hydrogen-bond acceptors (Lipinski definition) is 4. The van der Waals surface area contributed by atoms with Crippen LogP contribution in [0.25, 0.3) is 0 Å². The zero-order chi connectivity index (χ0) is 20.9. The summed E-state index contributed by atoms with van der Waals surface area (Å²) in [5.41, 5.74) is 2.57. The highest BCUT2D eigenvalue weighted by molar-refractivity contribution is 5.72. The number of aromatic nitrogens is 2. The van der Waals surface area contributed by atoms with E-state index in [2.05, 4.69) is 51.7 Å². The molecule has 1 heterocycles. The van der Waals surface area contributed by atoms with E-state index in [1.807, 2.05) is 18.6 Å². The predicted octanol–water partition coefficient (Wildman–Crippen LogP) is 4.69. The van der Waals surface area contributed by atoms with Gasteiger partial charge in [-0.15, -0.1) is 0 Å². The molecule has 0 aliphatic rings. The second kappa shape index (κ2) is 12.9. The van der Waals surface area contributed by atoms with E-state index in [0.29, 0.717) is 12.8 Å². The standard InChI is InChI=1S/C23H33N3O3/c1-2-3-4-8-12-20(13-9-14-22(29-24)23(27)28)21(26-16-15-25-18-26)17-19-10-6-5-7-11-19/h5-7,10-11,13,15-16,18,21-22H,2-4,8-9,12,14,17,24H2,1H3,(H,27,28)/b20-13+. The van der Waals surface area contributed by atoms with Gasteiger partial charge in [-0.2, -0.15) is 0 Å². The molecule has 0 aliphatic carbocycles. The maximum atomic E-state index is 11.2. The summed E-state index contributed by atoms with van der Waals surface area (Å²) >= 11 is 0. The van der Waals surface area contributed by atoms with Crippen molar-refractivity contribution in [2.45, 2.75) is 70.4 Å². The molecule has 2 atom stereocenters. The van der Waals surface area contributed by atoms with Crippen LogP contribution in [0.4, 0.5) is 0 Å². The number of carboxylic acid groups (broad SMARTS) is 1. The van der Waals surface area contributed by atoms with Crippen LogP contribution in [0, 0.1) is 0 Å². The van der Waals surface area contributed by atoms with Gasteiger partial charge in [0, 0.05) is 12.4 Å². The number of nitrogens with two attached hydrogens (primary N) is 1. The van der Waals surface area contributed by atoms with Gasteiger partial charge < -0.3 is 9.67 Å². The molecule has 0 spiro atoms. The van der Waals surface area contributed by atoms with Gasteiger partial charge in [0.25, 0.3) is 0 Å². The van der Waals surface area contributed by atoms with E-state index in [4.69, 9.17) is 11.0 Å². The number of carbonyl (C=O) groups is 1. The minimum Gasteiger partial charge on any atom is -0.479 e. The Hall–Kier alpha value is -2.44. The predicted molar refractivity (Wildman–Crippen MR) is 114 cm³/mol. The third-order valence-electron chi connectivity index (χ3n) is 5.18. The molecule has 2 unspecified atom stereocenters. The Morgan fingerprint density at radius 2 is 2.07 bits per heavy atom. The summed E-state index contributed by atoms with van der Waals surface area (Å²) < 4.78 is 2.15. The maximum Gasteiger partial charge on any atom is 0.334 e. The van der Waals surface area contributed by atoms with Crippen LogP contribution in [-0.4, -0.2) is 26.7 Å². The number of carboxylic acids is 1. The lowest BCUT2D eigenvalue weighted by atomic mass is 9.93. The number of benzene rings is 1. The van der Waals surface area contributed by atoms with Crippen molar-refractivity contribution in [3.63, 3.8) is 0 Å². The van der Waals surface area contributed by atoms with Crippen molar-refractivity contribution >= 4 is 5.97 Å². The zero-order valence-electron chi connectivity index (χ0n) is 17.2. The van der Waals surface area contributed by atoms with Crippen molar-refractivity contribution in [2.24, 2.45) is 5.90 Å². The molecule has 6 heteroatoms. The average Bonchev–Trinajstić information content (AvgIpc) is 3.26. The van der Waals surface area contributed by atoms with E-state index >= 15 is 0 Å². The van der Waals surface area contributed by atoms with Crippen LogP contribution in [0.15, 0.2) is 60.7 Å². The fourth-order valence-corrected chi connectivity index (χ4v) is 3.55. The van der Waals surface area contributed by atoms with Crippen LogP contribution in [0.2, 0.25) is 0 Å². The fourth-order valence-electron chi connectivity index (χ4n) is 3.55. The molecular formula is C23H33N3O3. The molecule has 0 fully saturated rings. The van der Waals surface area contributed by atoms with Crippen molar-refractivity contribution in [3.05, 3.63) is 66.3 Å². The van der Waals surface area contributed by atoms with E-state index in [1.165, 1.54) is 30.4 Å². The highest BCUT2D eigenvalue weighted by atomic mass is 16.6. The van der Waals surface area contributed by atoms with Gasteiger partial charge in [0.15, 0.2) is 6.10 Å². The lowest BCUT2D eigenvalue weighted by Gasteiger charge is -2.23. The van der Waals surface area contributed by atoms with Crippen LogP contribution >= 0.6 is 0 Å². The minimum absolute atomic E-state index is 0.156. The lowest BCUT2D eigenvalue weighted by molar-refractivity contribution is -0.151. The number of nitrogens with zero attached hydrogens (tertiary/aromatic N) is 2. The van der Waals surface area contributed by atoms with E-state index in [1.54, 1.807) is 6.20 Å². The van der Waals surface area contributed by atoms with Gasteiger partial charge in [-0.25, -0.2) is 15.7 Å². The van der Waals surface area contributed by atoms with E-state index in [0.717, 1.165) is 19.3 Å². The summed E-state index contributed by atoms with van der Waals surface area (Å²) in [6.45, 7) is 2.21. The van der Waals surface area contributed by atoms with E-state index in [9.17, 15) is 4.79 Å². The van der Waals surface area contributed by atoms with Gasteiger partial charge in [0.2, 0.25) is 0 Å². The second-order valence-corrected chi connectivity index (χ2v) is 7.35.